The monoisotopic (exact) mass is 269 g/mol. The fourth-order valence-electron chi connectivity index (χ4n) is 1.70. The minimum Gasteiger partial charge on any atom is -0.372 e. The first-order valence-corrected chi connectivity index (χ1v) is 6.57. The van der Waals surface area contributed by atoms with Gasteiger partial charge >= 0.3 is 0 Å². The summed E-state index contributed by atoms with van der Waals surface area (Å²) >= 11 is 3.51. The highest BCUT2D eigenvalue weighted by Crippen LogP contribution is 2.20. The van der Waals surface area contributed by atoms with Gasteiger partial charge in [0.25, 0.3) is 0 Å². The standard InChI is InChI=1S/C13H20BrN/c1-3-5-6-10-15(4-2)13-9-7-8-12(14)11-13/h7-9,11H,3-6,10H2,1-2H3. The molecule has 0 atom stereocenters. The number of unbranched alkanes of at least 4 members (excludes halogenated alkanes) is 2. The average Bonchev–Trinajstić information content (AvgIpc) is 2.24. The van der Waals surface area contributed by atoms with E-state index < -0.39 is 0 Å². The molecule has 0 unspecified atom stereocenters. The fourth-order valence-corrected chi connectivity index (χ4v) is 2.08. The van der Waals surface area contributed by atoms with Crippen molar-refractivity contribution in [3.8, 4) is 0 Å². The van der Waals surface area contributed by atoms with E-state index in [-0.39, 0.29) is 0 Å². The third-order valence-corrected chi connectivity index (χ3v) is 3.08. The zero-order valence-corrected chi connectivity index (χ0v) is 11.3. The van der Waals surface area contributed by atoms with Crippen LogP contribution in [0.5, 0.6) is 0 Å². The second-order valence-electron chi connectivity index (χ2n) is 3.77. The molecule has 0 amide bonds. The van der Waals surface area contributed by atoms with Crippen LogP contribution < -0.4 is 4.90 Å². The van der Waals surface area contributed by atoms with E-state index in [9.17, 15) is 0 Å². The summed E-state index contributed by atoms with van der Waals surface area (Å²) in [6.07, 6.45) is 3.90. The topological polar surface area (TPSA) is 3.24 Å². The van der Waals surface area contributed by atoms with Crippen LogP contribution in [0, 0.1) is 0 Å². The van der Waals surface area contributed by atoms with Crippen molar-refractivity contribution < 1.29 is 0 Å². The van der Waals surface area contributed by atoms with Crippen LogP contribution in [-0.2, 0) is 0 Å². The van der Waals surface area contributed by atoms with E-state index in [1.54, 1.807) is 0 Å². The molecule has 0 bridgehead atoms. The zero-order valence-electron chi connectivity index (χ0n) is 9.67. The summed E-state index contributed by atoms with van der Waals surface area (Å²) < 4.78 is 1.16. The van der Waals surface area contributed by atoms with Crippen LogP contribution in [0.25, 0.3) is 0 Å². The van der Waals surface area contributed by atoms with Crippen LogP contribution >= 0.6 is 15.9 Å². The SMILES string of the molecule is CCCCCN(CC)c1cccc(Br)c1. The fraction of sp³-hybridized carbons (Fsp3) is 0.538. The molecule has 1 aromatic rings. The Bertz CT molecular complexity index is 286. The van der Waals surface area contributed by atoms with E-state index >= 15 is 0 Å². The lowest BCUT2D eigenvalue weighted by molar-refractivity contribution is 0.685. The molecule has 1 aromatic carbocycles. The molecule has 0 saturated heterocycles. The highest BCUT2D eigenvalue weighted by Gasteiger charge is 2.03. The maximum Gasteiger partial charge on any atom is 0.0377 e. The van der Waals surface area contributed by atoms with Crippen LogP contribution in [0.15, 0.2) is 28.7 Å². The molecule has 84 valence electrons. The molecule has 0 aliphatic heterocycles. The first-order valence-electron chi connectivity index (χ1n) is 5.78. The molecule has 0 aliphatic rings. The zero-order chi connectivity index (χ0) is 11.1. The van der Waals surface area contributed by atoms with Gasteiger partial charge in [-0.1, -0.05) is 41.8 Å². The molecule has 0 saturated carbocycles. The van der Waals surface area contributed by atoms with Crippen LogP contribution in [-0.4, -0.2) is 13.1 Å². The number of anilines is 1. The lowest BCUT2D eigenvalue weighted by Gasteiger charge is -2.23. The molecule has 0 radical (unpaired) electrons. The van der Waals surface area contributed by atoms with Crippen molar-refractivity contribution in [2.24, 2.45) is 0 Å². The molecule has 0 N–H and O–H groups in total. The minimum absolute atomic E-state index is 1.08. The van der Waals surface area contributed by atoms with Gasteiger partial charge in [0, 0.05) is 23.2 Å². The second-order valence-corrected chi connectivity index (χ2v) is 4.68. The smallest absolute Gasteiger partial charge is 0.0377 e. The molecule has 0 fully saturated rings. The maximum atomic E-state index is 3.51. The van der Waals surface area contributed by atoms with Crippen molar-refractivity contribution in [3.63, 3.8) is 0 Å². The van der Waals surface area contributed by atoms with Gasteiger partial charge in [-0.25, -0.2) is 0 Å². The van der Waals surface area contributed by atoms with Crippen molar-refractivity contribution in [2.75, 3.05) is 18.0 Å². The Balaban J connectivity index is 2.57. The number of benzene rings is 1. The normalized spacial score (nSPS) is 10.3. The third-order valence-electron chi connectivity index (χ3n) is 2.59. The van der Waals surface area contributed by atoms with Crippen molar-refractivity contribution in [2.45, 2.75) is 33.1 Å². The van der Waals surface area contributed by atoms with Gasteiger partial charge in [0.05, 0.1) is 0 Å². The second kappa shape index (κ2) is 6.89. The average molecular weight is 270 g/mol. The Morgan fingerprint density at radius 2 is 2.00 bits per heavy atom. The number of hydrogen-bond acceptors (Lipinski definition) is 1. The van der Waals surface area contributed by atoms with Gasteiger partial charge in [0.1, 0.15) is 0 Å². The van der Waals surface area contributed by atoms with E-state index in [4.69, 9.17) is 0 Å². The van der Waals surface area contributed by atoms with Crippen molar-refractivity contribution in [3.05, 3.63) is 28.7 Å². The predicted octanol–water partition coefficient (Wildman–Crippen LogP) is 4.47. The number of hydrogen-bond donors (Lipinski definition) is 0. The van der Waals surface area contributed by atoms with Gasteiger partial charge < -0.3 is 4.90 Å². The highest BCUT2D eigenvalue weighted by molar-refractivity contribution is 9.10. The van der Waals surface area contributed by atoms with E-state index in [1.165, 1.54) is 31.5 Å². The van der Waals surface area contributed by atoms with Gasteiger partial charge in [0.2, 0.25) is 0 Å². The summed E-state index contributed by atoms with van der Waals surface area (Å²) in [6, 6.07) is 8.54. The third kappa shape index (κ3) is 4.25. The van der Waals surface area contributed by atoms with Gasteiger partial charge in [-0.05, 0) is 31.5 Å². The number of nitrogens with zero attached hydrogens (tertiary/aromatic N) is 1. The van der Waals surface area contributed by atoms with Gasteiger partial charge in [-0.15, -0.1) is 0 Å². The predicted molar refractivity (Wildman–Crippen MR) is 71.6 cm³/mol. The Morgan fingerprint density at radius 3 is 2.60 bits per heavy atom. The molecular formula is C13H20BrN. The summed E-state index contributed by atoms with van der Waals surface area (Å²) in [7, 11) is 0. The van der Waals surface area contributed by atoms with E-state index in [1.807, 2.05) is 0 Å². The summed E-state index contributed by atoms with van der Waals surface area (Å²) in [4.78, 5) is 2.43. The first-order chi connectivity index (χ1) is 7.27. The molecule has 0 heterocycles. The summed E-state index contributed by atoms with van der Waals surface area (Å²) in [5, 5.41) is 0. The van der Waals surface area contributed by atoms with E-state index in [2.05, 4.69) is 58.9 Å². The van der Waals surface area contributed by atoms with Crippen LogP contribution in [0.3, 0.4) is 0 Å². The Kier molecular flexibility index (Phi) is 5.77. The number of rotatable bonds is 6. The summed E-state index contributed by atoms with van der Waals surface area (Å²) in [5.74, 6) is 0. The highest BCUT2D eigenvalue weighted by atomic mass is 79.9. The quantitative estimate of drug-likeness (QED) is 0.689. The van der Waals surface area contributed by atoms with Crippen LogP contribution in [0.4, 0.5) is 5.69 Å². The molecule has 1 rings (SSSR count). The van der Waals surface area contributed by atoms with Crippen molar-refractivity contribution in [1.29, 1.82) is 0 Å². The number of halogens is 1. The molecule has 15 heavy (non-hydrogen) atoms. The van der Waals surface area contributed by atoms with E-state index in [0.29, 0.717) is 0 Å². The maximum absolute atomic E-state index is 3.51. The Morgan fingerprint density at radius 1 is 1.20 bits per heavy atom. The Hall–Kier alpha value is -0.500. The van der Waals surface area contributed by atoms with Gasteiger partial charge in [0.15, 0.2) is 0 Å². The molecule has 1 nitrogen and oxygen atoms in total. The van der Waals surface area contributed by atoms with Gasteiger partial charge in [-0.2, -0.15) is 0 Å². The Labute approximate surface area is 102 Å². The van der Waals surface area contributed by atoms with Crippen molar-refractivity contribution >= 4 is 21.6 Å². The van der Waals surface area contributed by atoms with Crippen LogP contribution in [0.2, 0.25) is 0 Å². The van der Waals surface area contributed by atoms with Crippen LogP contribution in [0.1, 0.15) is 33.1 Å². The molecular weight excluding hydrogens is 250 g/mol. The summed E-state index contributed by atoms with van der Waals surface area (Å²) in [6.45, 7) is 6.71. The molecule has 2 heteroatoms. The lowest BCUT2D eigenvalue weighted by Crippen LogP contribution is -2.23. The largest absolute Gasteiger partial charge is 0.372 e. The first kappa shape index (κ1) is 12.6. The molecule has 0 aromatic heterocycles. The minimum atomic E-state index is 1.08. The van der Waals surface area contributed by atoms with Gasteiger partial charge in [-0.3, -0.25) is 0 Å². The van der Waals surface area contributed by atoms with Crippen molar-refractivity contribution in [1.82, 2.24) is 0 Å². The molecule has 0 aliphatic carbocycles. The molecule has 0 spiro atoms. The van der Waals surface area contributed by atoms with E-state index in [0.717, 1.165) is 11.0 Å². The summed E-state index contributed by atoms with van der Waals surface area (Å²) in [5.41, 5.74) is 1.32. The lowest BCUT2D eigenvalue weighted by atomic mass is 10.2.